The molecule has 0 aromatic heterocycles. The van der Waals surface area contributed by atoms with Crippen LogP contribution in [0.25, 0.3) is 0 Å². The van der Waals surface area contributed by atoms with E-state index in [9.17, 15) is 0 Å². The molecule has 0 aliphatic rings. The molecule has 0 rings (SSSR count). The van der Waals surface area contributed by atoms with Crippen LogP contribution < -0.4 is 0 Å². The Balaban J connectivity index is 0. The Kier molecular flexibility index (Phi) is 16.7. The van der Waals surface area contributed by atoms with Gasteiger partial charge in [-0.15, -0.1) is 5.28 Å². The van der Waals surface area contributed by atoms with Crippen LogP contribution in [0.1, 0.15) is 19.8 Å². The Hall–Kier alpha value is 1.42. The standard InChI is InChI=1S/C4H9.Al.Zr.2H/c1-3-4-2;;;;/h1,3-4H2,2H3;;;;. The smallest absolute Gasteiger partial charge is 0.101 e. The predicted molar refractivity (Wildman–Crippen MR) is 28.3 cm³/mol. The van der Waals surface area contributed by atoms with Crippen molar-refractivity contribution in [2.45, 2.75) is 25.0 Å². The van der Waals surface area contributed by atoms with Crippen LogP contribution >= 0.6 is 0 Å². The third-order valence-corrected chi connectivity index (χ3v) is 1.41. The maximum absolute atomic E-state index is 2.23. The fourth-order valence-electron chi connectivity index (χ4n) is 0.354. The summed E-state index contributed by atoms with van der Waals surface area (Å²) in [4.78, 5) is 0. The van der Waals surface area contributed by atoms with E-state index in [0.29, 0.717) is 0 Å². The summed E-state index contributed by atoms with van der Waals surface area (Å²) in [5, 5.41) is 1.48. The van der Waals surface area contributed by atoms with Crippen molar-refractivity contribution in [1.82, 2.24) is 0 Å². The third-order valence-electron chi connectivity index (χ3n) is 0.707. The van der Waals surface area contributed by atoms with Crippen molar-refractivity contribution in [1.29, 1.82) is 0 Å². The zero-order valence-electron chi connectivity index (χ0n) is 4.62. The monoisotopic (exact) mass is 176 g/mol. The van der Waals surface area contributed by atoms with E-state index in [1.54, 1.807) is 0 Å². The minimum Gasteiger partial charge on any atom is -0.101 e. The molecule has 0 radical (unpaired) electrons. The Morgan fingerprint density at radius 3 is 2.00 bits per heavy atom. The van der Waals surface area contributed by atoms with Crippen LogP contribution in [0.15, 0.2) is 0 Å². The van der Waals surface area contributed by atoms with Crippen LogP contribution in [0.4, 0.5) is 0 Å². The van der Waals surface area contributed by atoms with Crippen molar-refractivity contribution in [3.63, 3.8) is 0 Å². The largest absolute Gasteiger partial charge is 0.211 e. The summed E-state index contributed by atoms with van der Waals surface area (Å²) in [5.41, 5.74) is 0. The summed E-state index contributed by atoms with van der Waals surface area (Å²) in [6.07, 6.45) is 2.83. The maximum atomic E-state index is 2.23. The van der Waals surface area contributed by atoms with Crippen LogP contribution in [0.3, 0.4) is 0 Å². The van der Waals surface area contributed by atoms with Gasteiger partial charge in [0, 0.05) is 26.2 Å². The van der Waals surface area contributed by atoms with E-state index >= 15 is 0 Å². The zero-order valence-corrected chi connectivity index (χ0v) is 9.08. The Bertz CT molecular complexity index is 15.0. The van der Waals surface area contributed by atoms with E-state index in [1.165, 1.54) is 34.4 Å². The van der Waals surface area contributed by atoms with Gasteiger partial charge in [-0.25, -0.2) is 0 Å². The van der Waals surface area contributed by atoms with Gasteiger partial charge in [0.1, 0.15) is 0 Å². The average Bonchev–Trinajstić information content (AvgIpc) is 1.41. The third kappa shape index (κ3) is 9.05. The van der Waals surface area contributed by atoms with Gasteiger partial charge in [-0.2, -0.15) is 0 Å². The number of rotatable bonds is 2. The molecule has 0 nitrogen and oxygen atoms in total. The van der Waals surface area contributed by atoms with Gasteiger partial charge in [-0.05, 0) is 0 Å². The fourth-order valence-corrected chi connectivity index (χ4v) is 1.06. The summed E-state index contributed by atoms with van der Waals surface area (Å²) in [6, 6.07) is 0. The molecule has 0 N–H and O–H groups in total. The molecule has 0 bridgehead atoms. The molecule has 2 heteroatoms. The van der Waals surface area contributed by atoms with Crippen LogP contribution in [-0.2, 0) is 26.2 Å². The second-order valence-corrected chi connectivity index (χ2v) is 2.35. The normalized spacial score (nSPS) is 6.83. The number of unbranched alkanes of at least 4 members (excludes halogenated alkanes) is 1. The maximum Gasteiger partial charge on any atom is 0.211 e. The second-order valence-electron chi connectivity index (χ2n) is 1.35. The van der Waals surface area contributed by atoms with Gasteiger partial charge < -0.3 is 0 Å². The van der Waals surface area contributed by atoms with E-state index in [-0.39, 0.29) is 26.2 Å². The van der Waals surface area contributed by atoms with Gasteiger partial charge in [0.05, 0.1) is 0 Å². The summed E-state index contributed by atoms with van der Waals surface area (Å²) < 4.78 is 0. The summed E-state index contributed by atoms with van der Waals surface area (Å²) in [5.74, 6) is 0. The first-order valence-electron chi connectivity index (χ1n) is 2.41. The molecule has 34 valence electrons. The quantitative estimate of drug-likeness (QED) is 0.548. The summed E-state index contributed by atoms with van der Waals surface area (Å²) in [7, 11) is 0. The van der Waals surface area contributed by atoms with E-state index in [0.717, 1.165) is 0 Å². The van der Waals surface area contributed by atoms with Gasteiger partial charge in [0.2, 0.25) is 16.3 Å². The van der Waals surface area contributed by atoms with Crippen molar-refractivity contribution in [2.24, 2.45) is 0 Å². The number of hydrogen-bond acceptors (Lipinski definition) is 0. The first-order chi connectivity index (χ1) is 2.41. The Morgan fingerprint density at radius 2 is 2.00 bits per heavy atom. The van der Waals surface area contributed by atoms with Crippen molar-refractivity contribution in [3.8, 4) is 0 Å². The topological polar surface area (TPSA) is 0 Å². The molecule has 0 saturated carbocycles. The predicted octanol–water partition coefficient (Wildman–Crippen LogP) is 0.835. The molecular weight excluding hydrogens is 166 g/mol. The first kappa shape index (κ1) is 10.4. The summed E-state index contributed by atoms with van der Waals surface area (Å²) >= 11 is 1.40. The fraction of sp³-hybridized carbons (Fsp3) is 1.00. The Morgan fingerprint density at radius 1 is 1.50 bits per heavy atom. The second kappa shape index (κ2) is 9.65. The molecule has 0 aromatic rings. The van der Waals surface area contributed by atoms with Crippen LogP contribution in [0.5, 0.6) is 0 Å². The van der Waals surface area contributed by atoms with Crippen molar-refractivity contribution >= 4 is 16.3 Å². The van der Waals surface area contributed by atoms with E-state index in [2.05, 4.69) is 6.92 Å². The van der Waals surface area contributed by atoms with Gasteiger partial charge in [0.15, 0.2) is 0 Å². The minimum absolute atomic E-state index is 0. The summed E-state index contributed by atoms with van der Waals surface area (Å²) in [6.45, 7) is 2.23. The van der Waals surface area contributed by atoms with Gasteiger partial charge >= 0.3 is 0 Å². The van der Waals surface area contributed by atoms with Crippen molar-refractivity contribution in [3.05, 3.63) is 0 Å². The van der Waals surface area contributed by atoms with Crippen LogP contribution in [0, 0.1) is 0 Å². The van der Waals surface area contributed by atoms with Gasteiger partial charge in [-0.1, -0.05) is 19.8 Å². The van der Waals surface area contributed by atoms with Gasteiger partial charge in [-0.3, -0.25) is 0 Å². The van der Waals surface area contributed by atoms with Gasteiger partial charge in [0.25, 0.3) is 0 Å². The molecule has 0 fully saturated rings. The molecule has 0 spiro atoms. The number of hydrogen-bond donors (Lipinski definition) is 0. The molecule has 0 aromatic carbocycles. The molecule has 0 amide bonds. The first-order valence-corrected chi connectivity index (χ1v) is 3.83. The molecule has 0 heterocycles. The van der Waals surface area contributed by atoms with Crippen LogP contribution in [0.2, 0.25) is 5.28 Å². The molecule has 0 saturated heterocycles. The van der Waals surface area contributed by atoms with E-state index in [4.69, 9.17) is 0 Å². The van der Waals surface area contributed by atoms with Crippen LogP contribution in [-0.4, -0.2) is 16.3 Å². The molecule has 6 heavy (non-hydrogen) atoms. The van der Waals surface area contributed by atoms with E-state index < -0.39 is 0 Å². The molecule has 0 unspecified atom stereocenters. The van der Waals surface area contributed by atoms with Crippen molar-refractivity contribution in [2.75, 3.05) is 0 Å². The Labute approximate surface area is 67.2 Å². The average molecular weight is 177 g/mol. The van der Waals surface area contributed by atoms with E-state index in [1.807, 2.05) is 0 Å². The zero-order chi connectivity index (χ0) is 4.12. The molecule has 0 aliphatic heterocycles. The molecule has 0 aliphatic carbocycles. The van der Waals surface area contributed by atoms with Crippen molar-refractivity contribution < 1.29 is 26.2 Å². The molecular formula is C4H11AlZr. The molecule has 0 atom stereocenters. The SMILES string of the molecule is CCC[CH2][AlH2].[Zr]. The minimum atomic E-state index is 0.